The van der Waals surface area contributed by atoms with Crippen LogP contribution < -0.4 is 14.2 Å². The van der Waals surface area contributed by atoms with Crippen molar-refractivity contribution in [1.82, 2.24) is 20.1 Å². The van der Waals surface area contributed by atoms with Crippen molar-refractivity contribution >= 4 is 21.8 Å². The van der Waals surface area contributed by atoms with Crippen molar-refractivity contribution in [2.45, 2.75) is 32.3 Å². The number of ether oxygens (including phenoxy) is 3. The number of aromatic amines is 1. The van der Waals surface area contributed by atoms with Crippen LogP contribution in [0, 0.1) is 12.7 Å². The van der Waals surface area contributed by atoms with Crippen LogP contribution in [-0.2, 0) is 0 Å². The maximum absolute atomic E-state index is 15.1. The van der Waals surface area contributed by atoms with Crippen molar-refractivity contribution in [3.05, 3.63) is 48.0 Å². The van der Waals surface area contributed by atoms with E-state index >= 15 is 4.39 Å². The molecule has 0 radical (unpaired) electrons. The first-order chi connectivity index (χ1) is 17.0. The molecule has 1 aliphatic heterocycles. The molecule has 3 heterocycles. The minimum atomic E-state index is -0.438. The molecule has 0 bridgehead atoms. The van der Waals surface area contributed by atoms with Crippen LogP contribution >= 0.6 is 0 Å². The van der Waals surface area contributed by atoms with E-state index in [2.05, 4.69) is 20.1 Å². The Balaban J connectivity index is 1.32. The molecule has 2 N–H and O–H groups in total. The summed E-state index contributed by atoms with van der Waals surface area (Å²) in [6.45, 7) is 5.14. The predicted octanol–water partition coefficient (Wildman–Crippen LogP) is 4.59. The van der Waals surface area contributed by atoms with Crippen LogP contribution in [0.2, 0.25) is 0 Å². The van der Waals surface area contributed by atoms with Crippen LogP contribution in [0.25, 0.3) is 21.8 Å². The summed E-state index contributed by atoms with van der Waals surface area (Å²) in [5.74, 6) is 1.14. The summed E-state index contributed by atoms with van der Waals surface area (Å²) in [7, 11) is 1.57. The average molecular weight is 481 g/mol. The monoisotopic (exact) mass is 480 g/mol. The van der Waals surface area contributed by atoms with E-state index in [0.717, 1.165) is 44.6 Å². The molecule has 2 aromatic carbocycles. The number of piperidine rings is 1. The standard InChI is InChI=1S/C26H29FN4O4/c1-16-12-19-20(29-16)4-5-22(26(19)27)35-25-15-28-30-21-14-24(23(33-2)13-18(21)25)34-11-3-8-31-9-6-17(32)7-10-31/h4-5,12-15,17,29,32H,3,6-11H2,1-2H3. The molecule has 1 aliphatic rings. The van der Waals surface area contributed by atoms with Gasteiger partial charge in [0.25, 0.3) is 0 Å². The molecule has 0 atom stereocenters. The lowest BCUT2D eigenvalue weighted by Gasteiger charge is -2.29. The van der Waals surface area contributed by atoms with Gasteiger partial charge in [-0.3, -0.25) is 0 Å². The first-order valence-corrected chi connectivity index (χ1v) is 11.8. The van der Waals surface area contributed by atoms with E-state index in [9.17, 15) is 5.11 Å². The van der Waals surface area contributed by atoms with E-state index in [1.807, 2.05) is 6.92 Å². The molecule has 0 aliphatic carbocycles. The molecule has 5 rings (SSSR count). The Kier molecular flexibility index (Phi) is 6.70. The minimum absolute atomic E-state index is 0.107. The van der Waals surface area contributed by atoms with Gasteiger partial charge in [0.1, 0.15) is 5.52 Å². The number of hydrogen-bond acceptors (Lipinski definition) is 7. The Morgan fingerprint density at radius 2 is 1.91 bits per heavy atom. The number of methoxy groups -OCH3 is 1. The molecule has 0 spiro atoms. The Morgan fingerprint density at radius 3 is 2.71 bits per heavy atom. The van der Waals surface area contributed by atoms with Gasteiger partial charge in [-0.1, -0.05) is 0 Å². The summed E-state index contributed by atoms with van der Waals surface area (Å²) in [4.78, 5) is 5.46. The lowest BCUT2D eigenvalue weighted by Crippen LogP contribution is -2.36. The molecular formula is C26H29FN4O4. The van der Waals surface area contributed by atoms with Gasteiger partial charge in [-0.2, -0.15) is 10.2 Å². The predicted molar refractivity (Wildman–Crippen MR) is 131 cm³/mol. The van der Waals surface area contributed by atoms with Gasteiger partial charge in [0, 0.05) is 42.3 Å². The first-order valence-electron chi connectivity index (χ1n) is 11.8. The highest BCUT2D eigenvalue weighted by Gasteiger charge is 2.18. The number of aromatic nitrogens is 3. The van der Waals surface area contributed by atoms with Gasteiger partial charge in [-0.05, 0) is 50.5 Å². The van der Waals surface area contributed by atoms with Crippen LogP contribution in [0.4, 0.5) is 4.39 Å². The van der Waals surface area contributed by atoms with E-state index in [-0.39, 0.29) is 11.9 Å². The highest BCUT2D eigenvalue weighted by atomic mass is 19.1. The number of halogens is 1. The van der Waals surface area contributed by atoms with Crippen molar-refractivity contribution in [2.24, 2.45) is 0 Å². The summed E-state index contributed by atoms with van der Waals surface area (Å²) >= 11 is 0. The van der Waals surface area contributed by atoms with Gasteiger partial charge < -0.3 is 29.2 Å². The first kappa shape index (κ1) is 23.3. The van der Waals surface area contributed by atoms with E-state index in [4.69, 9.17) is 14.2 Å². The third kappa shape index (κ3) is 5.01. The highest BCUT2D eigenvalue weighted by Crippen LogP contribution is 2.38. The van der Waals surface area contributed by atoms with E-state index in [0.29, 0.717) is 45.7 Å². The van der Waals surface area contributed by atoms with Gasteiger partial charge in [0.15, 0.2) is 28.8 Å². The number of H-pyrrole nitrogens is 1. The normalized spacial score (nSPS) is 15.1. The number of likely N-dealkylation sites (tertiary alicyclic amines) is 1. The largest absolute Gasteiger partial charge is 0.493 e. The fraction of sp³-hybridized carbons (Fsp3) is 0.385. The number of nitrogens with zero attached hydrogens (tertiary/aromatic N) is 3. The zero-order valence-corrected chi connectivity index (χ0v) is 19.9. The van der Waals surface area contributed by atoms with Crippen molar-refractivity contribution in [2.75, 3.05) is 33.4 Å². The smallest absolute Gasteiger partial charge is 0.175 e. The summed E-state index contributed by atoms with van der Waals surface area (Å²) in [5, 5.41) is 19.0. The molecule has 2 aromatic heterocycles. The molecule has 0 unspecified atom stereocenters. The molecule has 4 aromatic rings. The Bertz CT molecular complexity index is 1330. The molecule has 0 amide bonds. The second-order valence-electron chi connectivity index (χ2n) is 8.90. The minimum Gasteiger partial charge on any atom is -0.493 e. The summed E-state index contributed by atoms with van der Waals surface area (Å²) in [6.07, 6.45) is 3.79. The highest BCUT2D eigenvalue weighted by molar-refractivity contribution is 5.88. The molecular weight excluding hydrogens is 451 g/mol. The van der Waals surface area contributed by atoms with E-state index in [1.165, 1.54) is 6.20 Å². The van der Waals surface area contributed by atoms with Crippen LogP contribution in [0.3, 0.4) is 0 Å². The van der Waals surface area contributed by atoms with Gasteiger partial charge in [-0.15, -0.1) is 0 Å². The van der Waals surface area contributed by atoms with Crippen molar-refractivity contribution in [3.8, 4) is 23.0 Å². The van der Waals surface area contributed by atoms with E-state index < -0.39 is 5.82 Å². The summed E-state index contributed by atoms with van der Waals surface area (Å²) in [6, 6.07) is 8.67. The van der Waals surface area contributed by atoms with Gasteiger partial charge in [0.05, 0.1) is 31.4 Å². The SMILES string of the molecule is COc1cc2c(Oc3ccc4[nH]c(C)cc4c3F)cnnc2cc1OCCCN1CCC(O)CC1. The van der Waals surface area contributed by atoms with Crippen molar-refractivity contribution < 1.29 is 23.7 Å². The zero-order valence-electron chi connectivity index (χ0n) is 19.9. The number of aliphatic hydroxyl groups excluding tert-OH is 1. The fourth-order valence-electron chi connectivity index (χ4n) is 4.49. The molecule has 1 saturated heterocycles. The summed E-state index contributed by atoms with van der Waals surface area (Å²) < 4.78 is 32.6. The zero-order chi connectivity index (χ0) is 24.4. The Morgan fingerprint density at radius 1 is 1.09 bits per heavy atom. The Hall–Kier alpha value is -3.43. The maximum Gasteiger partial charge on any atom is 0.175 e. The number of rotatable bonds is 8. The number of benzene rings is 2. The number of hydrogen-bond donors (Lipinski definition) is 2. The second-order valence-corrected chi connectivity index (χ2v) is 8.90. The molecule has 1 fully saturated rings. The number of nitrogens with one attached hydrogen (secondary N) is 1. The topological polar surface area (TPSA) is 92.7 Å². The lowest BCUT2D eigenvalue weighted by atomic mass is 10.1. The number of aryl methyl sites for hydroxylation is 1. The molecule has 184 valence electrons. The van der Waals surface area contributed by atoms with Crippen molar-refractivity contribution in [3.63, 3.8) is 0 Å². The second kappa shape index (κ2) is 10.1. The molecule has 0 saturated carbocycles. The third-order valence-electron chi connectivity index (χ3n) is 6.38. The van der Waals surface area contributed by atoms with Crippen LogP contribution in [0.1, 0.15) is 25.0 Å². The van der Waals surface area contributed by atoms with Crippen LogP contribution in [0.15, 0.2) is 36.5 Å². The lowest BCUT2D eigenvalue weighted by molar-refractivity contribution is 0.0799. The van der Waals surface area contributed by atoms with E-state index in [1.54, 1.807) is 37.4 Å². The molecule has 8 nitrogen and oxygen atoms in total. The van der Waals surface area contributed by atoms with Gasteiger partial charge in [-0.25, -0.2) is 4.39 Å². The molecule has 35 heavy (non-hydrogen) atoms. The number of fused-ring (bicyclic) bond motifs is 2. The average Bonchev–Trinajstić information content (AvgIpc) is 3.25. The molecule has 9 heteroatoms. The summed E-state index contributed by atoms with van der Waals surface area (Å²) in [5.41, 5.74) is 2.15. The van der Waals surface area contributed by atoms with Crippen molar-refractivity contribution in [1.29, 1.82) is 0 Å². The van der Waals surface area contributed by atoms with Crippen LogP contribution in [-0.4, -0.2) is 64.6 Å². The number of aliphatic hydroxyl groups is 1. The quantitative estimate of drug-likeness (QED) is 0.357. The van der Waals surface area contributed by atoms with Gasteiger partial charge >= 0.3 is 0 Å². The van der Waals surface area contributed by atoms with Gasteiger partial charge in [0.2, 0.25) is 0 Å². The maximum atomic E-state index is 15.1. The third-order valence-corrected chi connectivity index (χ3v) is 6.38. The Labute approximate surface area is 202 Å². The fourth-order valence-corrected chi connectivity index (χ4v) is 4.49. The van der Waals surface area contributed by atoms with Crippen LogP contribution in [0.5, 0.6) is 23.0 Å².